The average Bonchev–Trinajstić information content (AvgIpc) is 2.41. The van der Waals surface area contributed by atoms with Gasteiger partial charge in [-0.2, -0.15) is 0 Å². The first-order valence-corrected chi connectivity index (χ1v) is 6.55. The molecule has 98 valence electrons. The maximum absolute atomic E-state index is 11.6. The molecule has 1 saturated heterocycles. The molecule has 1 aromatic rings. The van der Waals surface area contributed by atoms with Crippen LogP contribution in [0, 0.1) is 0 Å². The molecule has 1 aliphatic heterocycles. The lowest BCUT2D eigenvalue weighted by Gasteiger charge is -2.26. The topological polar surface area (TPSA) is 41.6 Å². The standard InChI is InChI=1S/C14H20N2O2/c1-2-8-15-11-12-4-6-13(7-5-12)16-9-3-10-18-14(16)17/h4-7,15H,2-3,8-11H2,1H3. The highest BCUT2D eigenvalue weighted by Crippen LogP contribution is 2.19. The van der Waals surface area contributed by atoms with Crippen molar-refractivity contribution in [1.82, 2.24) is 5.32 Å². The highest BCUT2D eigenvalue weighted by atomic mass is 16.6. The van der Waals surface area contributed by atoms with Crippen molar-refractivity contribution in [2.45, 2.75) is 26.3 Å². The number of carbonyl (C=O) groups excluding carboxylic acids is 1. The van der Waals surface area contributed by atoms with Crippen LogP contribution in [0.4, 0.5) is 10.5 Å². The van der Waals surface area contributed by atoms with Crippen molar-refractivity contribution in [1.29, 1.82) is 0 Å². The predicted octanol–water partition coefficient (Wildman–Crippen LogP) is 2.53. The number of ether oxygens (including phenoxy) is 1. The van der Waals surface area contributed by atoms with Crippen LogP contribution in [0.25, 0.3) is 0 Å². The van der Waals surface area contributed by atoms with Crippen LogP contribution in [0.3, 0.4) is 0 Å². The molecule has 1 N–H and O–H groups in total. The van der Waals surface area contributed by atoms with Gasteiger partial charge in [0.25, 0.3) is 0 Å². The molecule has 0 unspecified atom stereocenters. The first kappa shape index (κ1) is 12.9. The molecule has 0 aliphatic carbocycles. The van der Waals surface area contributed by atoms with Crippen LogP contribution in [-0.4, -0.2) is 25.8 Å². The number of hydrogen-bond acceptors (Lipinski definition) is 3. The van der Waals surface area contributed by atoms with E-state index in [1.54, 1.807) is 4.90 Å². The number of cyclic esters (lactones) is 1. The Morgan fingerprint density at radius 2 is 2.11 bits per heavy atom. The number of carbonyl (C=O) groups is 1. The Kier molecular flexibility index (Phi) is 4.59. The number of benzene rings is 1. The lowest BCUT2D eigenvalue weighted by atomic mass is 10.2. The Balaban J connectivity index is 1.96. The van der Waals surface area contributed by atoms with Crippen molar-refractivity contribution in [3.8, 4) is 0 Å². The van der Waals surface area contributed by atoms with Gasteiger partial charge >= 0.3 is 6.09 Å². The molecule has 0 saturated carbocycles. The fourth-order valence-corrected chi connectivity index (χ4v) is 1.99. The summed E-state index contributed by atoms with van der Waals surface area (Å²) in [6.07, 6.45) is 1.79. The minimum atomic E-state index is -0.238. The summed E-state index contributed by atoms with van der Waals surface area (Å²) < 4.78 is 5.03. The SMILES string of the molecule is CCCNCc1ccc(N2CCCOC2=O)cc1. The van der Waals surface area contributed by atoms with Gasteiger partial charge in [0.05, 0.1) is 6.61 Å². The third-order valence-electron chi connectivity index (χ3n) is 2.98. The van der Waals surface area contributed by atoms with Gasteiger partial charge in [-0.25, -0.2) is 4.79 Å². The van der Waals surface area contributed by atoms with Gasteiger partial charge in [0, 0.05) is 18.8 Å². The molecular weight excluding hydrogens is 228 g/mol. The monoisotopic (exact) mass is 248 g/mol. The van der Waals surface area contributed by atoms with Crippen LogP contribution in [0.1, 0.15) is 25.3 Å². The maximum atomic E-state index is 11.6. The van der Waals surface area contributed by atoms with Crippen molar-refractivity contribution in [2.75, 3.05) is 24.6 Å². The zero-order chi connectivity index (χ0) is 12.8. The first-order chi connectivity index (χ1) is 8.81. The maximum Gasteiger partial charge on any atom is 0.414 e. The van der Waals surface area contributed by atoms with Crippen LogP contribution >= 0.6 is 0 Å². The van der Waals surface area contributed by atoms with Gasteiger partial charge in [0.1, 0.15) is 0 Å². The van der Waals surface area contributed by atoms with Crippen LogP contribution in [0.2, 0.25) is 0 Å². The van der Waals surface area contributed by atoms with Gasteiger partial charge in [-0.3, -0.25) is 4.90 Å². The molecule has 0 aromatic heterocycles. The Hall–Kier alpha value is -1.55. The minimum Gasteiger partial charge on any atom is -0.449 e. The summed E-state index contributed by atoms with van der Waals surface area (Å²) >= 11 is 0. The number of anilines is 1. The van der Waals surface area contributed by atoms with Crippen molar-refractivity contribution in [3.63, 3.8) is 0 Å². The molecule has 2 rings (SSSR count). The third kappa shape index (κ3) is 3.23. The van der Waals surface area contributed by atoms with E-state index in [9.17, 15) is 4.79 Å². The highest BCUT2D eigenvalue weighted by molar-refractivity contribution is 5.88. The van der Waals surface area contributed by atoms with E-state index in [4.69, 9.17) is 4.74 Å². The second kappa shape index (κ2) is 6.40. The summed E-state index contributed by atoms with van der Waals surface area (Å²) in [7, 11) is 0. The molecule has 1 aliphatic rings. The molecule has 18 heavy (non-hydrogen) atoms. The summed E-state index contributed by atoms with van der Waals surface area (Å²) in [5, 5.41) is 3.35. The highest BCUT2D eigenvalue weighted by Gasteiger charge is 2.20. The van der Waals surface area contributed by atoms with Gasteiger partial charge in [0.2, 0.25) is 0 Å². The number of rotatable bonds is 5. The van der Waals surface area contributed by atoms with Gasteiger partial charge in [0.15, 0.2) is 0 Å². The smallest absolute Gasteiger partial charge is 0.414 e. The summed E-state index contributed by atoms with van der Waals surface area (Å²) in [6.45, 7) is 5.33. The second-order valence-corrected chi connectivity index (χ2v) is 4.46. The summed E-state index contributed by atoms with van der Waals surface area (Å²) in [6, 6.07) is 8.07. The van der Waals surface area contributed by atoms with E-state index < -0.39 is 0 Å². The lowest BCUT2D eigenvalue weighted by molar-refractivity contribution is 0.140. The van der Waals surface area contributed by atoms with Crippen LogP contribution in [0.15, 0.2) is 24.3 Å². The van der Waals surface area contributed by atoms with E-state index in [0.29, 0.717) is 6.61 Å². The molecule has 0 radical (unpaired) electrons. The quantitative estimate of drug-likeness (QED) is 0.814. The molecule has 0 spiro atoms. The predicted molar refractivity (Wildman–Crippen MR) is 71.8 cm³/mol. The van der Waals surface area contributed by atoms with E-state index in [-0.39, 0.29) is 6.09 Å². The van der Waals surface area contributed by atoms with Crippen molar-refractivity contribution in [3.05, 3.63) is 29.8 Å². The second-order valence-electron chi connectivity index (χ2n) is 4.46. The number of nitrogens with zero attached hydrogens (tertiary/aromatic N) is 1. The third-order valence-corrected chi connectivity index (χ3v) is 2.98. The molecular formula is C14H20N2O2. The van der Waals surface area contributed by atoms with E-state index >= 15 is 0 Å². The molecule has 1 fully saturated rings. The zero-order valence-corrected chi connectivity index (χ0v) is 10.8. The number of amides is 1. The number of nitrogens with one attached hydrogen (secondary N) is 1. The van der Waals surface area contributed by atoms with Crippen molar-refractivity contribution >= 4 is 11.8 Å². The molecule has 0 bridgehead atoms. The van der Waals surface area contributed by atoms with Gasteiger partial charge < -0.3 is 10.1 Å². The van der Waals surface area contributed by atoms with Gasteiger partial charge in [-0.15, -0.1) is 0 Å². The van der Waals surface area contributed by atoms with Crippen molar-refractivity contribution < 1.29 is 9.53 Å². The van der Waals surface area contributed by atoms with E-state index in [2.05, 4.69) is 24.4 Å². The molecule has 4 nitrogen and oxygen atoms in total. The fraction of sp³-hybridized carbons (Fsp3) is 0.500. The van der Waals surface area contributed by atoms with Crippen molar-refractivity contribution in [2.24, 2.45) is 0 Å². The lowest BCUT2D eigenvalue weighted by Crippen LogP contribution is -2.37. The van der Waals surface area contributed by atoms with Crippen LogP contribution < -0.4 is 10.2 Å². The minimum absolute atomic E-state index is 0.238. The molecule has 4 heteroatoms. The Morgan fingerprint density at radius 3 is 2.78 bits per heavy atom. The van der Waals surface area contributed by atoms with E-state index in [0.717, 1.165) is 38.2 Å². The Labute approximate surface area is 108 Å². The Bertz CT molecular complexity index is 389. The molecule has 1 amide bonds. The Morgan fingerprint density at radius 1 is 1.33 bits per heavy atom. The largest absolute Gasteiger partial charge is 0.449 e. The fourth-order valence-electron chi connectivity index (χ4n) is 1.99. The molecule has 1 heterocycles. The summed E-state index contributed by atoms with van der Waals surface area (Å²) in [4.78, 5) is 13.3. The van der Waals surface area contributed by atoms with E-state index in [1.165, 1.54) is 5.56 Å². The van der Waals surface area contributed by atoms with Gasteiger partial charge in [-0.1, -0.05) is 19.1 Å². The summed E-state index contributed by atoms with van der Waals surface area (Å²) in [5.41, 5.74) is 2.15. The number of hydrogen-bond donors (Lipinski definition) is 1. The average molecular weight is 248 g/mol. The molecule has 1 aromatic carbocycles. The van der Waals surface area contributed by atoms with Gasteiger partial charge in [-0.05, 0) is 37.1 Å². The molecule has 0 atom stereocenters. The van der Waals surface area contributed by atoms with Crippen LogP contribution in [0.5, 0.6) is 0 Å². The van der Waals surface area contributed by atoms with Crippen LogP contribution in [-0.2, 0) is 11.3 Å². The normalized spacial score (nSPS) is 15.6. The summed E-state index contributed by atoms with van der Waals surface area (Å²) in [5.74, 6) is 0. The first-order valence-electron chi connectivity index (χ1n) is 6.55. The zero-order valence-electron chi connectivity index (χ0n) is 10.8. The van der Waals surface area contributed by atoms with E-state index in [1.807, 2.05) is 12.1 Å².